The van der Waals surface area contributed by atoms with Crippen molar-refractivity contribution in [3.05, 3.63) is 0 Å². The Hall–Kier alpha value is 0. The molecule has 3 atom stereocenters. The summed E-state index contributed by atoms with van der Waals surface area (Å²) in [6, 6.07) is 0. The molecule has 2 aliphatic carbocycles. The lowest BCUT2D eigenvalue weighted by Gasteiger charge is -2.11. The normalized spacial score (nSPS) is 34.9. The Morgan fingerprint density at radius 1 is 0.875 bits per heavy atom. The molecule has 0 aromatic carbocycles. The van der Waals surface area contributed by atoms with Crippen LogP contribution in [0.5, 0.6) is 0 Å². The molecule has 2 saturated carbocycles. The third kappa shape index (κ3) is 2.63. The van der Waals surface area contributed by atoms with Crippen LogP contribution in [0.3, 0.4) is 0 Å². The number of hydrogen-bond donors (Lipinski definition) is 0. The van der Waals surface area contributed by atoms with Gasteiger partial charge >= 0.3 is 0 Å². The quantitative estimate of drug-likeness (QED) is 0.424. The topological polar surface area (TPSA) is 0 Å². The van der Waals surface area contributed by atoms with Crippen molar-refractivity contribution in [2.24, 2.45) is 17.3 Å². The van der Waals surface area contributed by atoms with Gasteiger partial charge in [-0.2, -0.15) is 0 Å². The van der Waals surface area contributed by atoms with E-state index in [9.17, 15) is 0 Å². The number of hydrogen-bond acceptors (Lipinski definition) is 0. The molecule has 94 valence electrons. The van der Waals surface area contributed by atoms with Crippen molar-refractivity contribution >= 4 is 0 Å². The molecule has 0 N–H and O–H groups in total. The Kier molecular flexibility index (Phi) is 4.33. The van der Waals surface area contributed by atoms with Crippen LogP contribution in [0.1, 0.15) is 84.5 Å². The monoisotopic (exact) mass is 222 g/mol. The van der Waals surface area contributed by atoms with E-state index in [0.29, 0.717) is 0 Å². The molecule has 0 saturated heterocycles. The molecule has 2 fully saturated rings. The summed E-state index contributed by atoms with van der Waals surface area (Å²) >= 11 is 0. The largest absolute Gasteiger partial charge is 0.0654 e. The number of rotatable bonds is 10. The molecule has 0 nitrogen and oxygen atoms in total. The van der Waals surface area contributed by atoms with E-state index in [2.05, 4.69) is 13.8 Å². The first-order valence-electron chi connectivity index (χ1n) is 7.85. The minimum Gasteiger partial charge on any atom is -0.0654 e. The molecule has 0 radical (unpaired) electrons. The Bertz CT molecular complexity index is 208. The SMILES string of the molecule is CCCCCCCC1C2CC12CCCCC. The van der Waals surface area contributed by atoms with Gasteiger partial charge in [-0.3, -0.25) is 0 Å². The van der Waals surface area contributed by atoms with Gasteiger partial charge in [0.1, 0.15) is 0 Å². The zero-order chi connectivity index (χ0) is 11.4. The first kappa shape index (κ1) is 12.5. The summed E-state index contributed by atoms with van der Waals surface area (Å²) in [5, 5.41) is 0. The average Bonchev–Trinajstić information content (AvgIpc) is 3.12. The van der Waals surface area contributed by atoms with Crippen molar-refractivity contribution in [3.8, 4) is 0 Å². The molecular weight excluding hydrogens is 192 g/mol. The third-order valence-corrected chi connectivity index (χ3v) is 5.16. The first-order chi connectivity index (χ1) is 7.85. The summed E-state index contributed by atoms with van der Waals surface area (Å²) in [5.74, 6) is 2.39. The van der Waals surface area contributed by atoms with Gasteiger partial charge in [0, 0.05) is 0 Å². The Labute approximate surface area is 102 Å². The molecule has 0 spiro atoms. The molecule has 0 amide bonds. The van der Waals surface area contributed by atoms with E-state index >= 15 is 0 Å². The Morgan fingerprint density at radius 3 is 2.25 bits per heavy atom. The minimum atomic E-state index is 0.930. The molecule has 0 aliphatic heterocycles. The maximum Gasteiger partial charge on any atom is -0.0232 e. The van der Waals surface area contributed by atoms with Gasteiger partial charge in [0.25, 0.3) is 0 Å². The summed E-state index contributed by atoms with van der Waals surface area (Å²) < 4.78 is 0. The average molecular weight is 222 g/mol. The Morgan fingerprint density at radius 2 is 1.56 bits per heavy atom. The van der Waals surface area contributed by atoms with E-state index in [-0.39, 0.29) is 0 Å². The van der Waals surface area contributed by atoms with Crippen LogP contribution in [-0.4, -0.2) is 0 Å². The summed E-state index contributed by atoms with van der Waals surface area (Å²) in [4.78, 5) is 0. The molecule has 0 aromatic rings. The molecule has 0 bridgehead atoms. The van der Waals surface area contributed by atoms with Crippen LogP contribution in [0.15, 0.2) is 0 Å². The van der Waals surface area contributed by atoms with Gasteiger partial charge in [0.15, 0.2) is 0 Å². The van der Waals surface area contributed by atoms with Gasteiger partial charge in [-0.1, -0.05) is 65.2 Å². The highest BCUT2D eigenvalue weighted by Crippen LogP contribution is 2.83. The van der Waals surface area contributed by atoms with Gasteiger partial charge in [-0.15, -0.1) is 0 Å². The lowest BCUT2D eigenvalue weighted by atomic mass is 9.94. The molecule has 2 rings (SSSR count). The fraction of sp³-hybridized carbons (Fsp3) is 1.00. The van der Waals surface area contributed by atoms with Crippen molar-refractivity contribution in [1.82, 2.24) is 0 Å². The summed E-state index contributed by atoms with van der Waals surface area (Å²) in [7, 11) is 0. The van der Waals surface area contributed by atoms with E-state index in [4.69, 9.17) is 0 Å². The van der Waals surface area contributed by atoms with Crippen LogP contribution in [0.2, 0.25) is 0 Å². The van der Waals surface area contributed by atoms with Gasteiger partial charge in [0.2, 0.25) is 0 Å². The molecule has 2 aliphatic rings. The van der Waals surface area contributed by atoms with Crippen molar-refractivity contribution < 1.29 is 0 Å². The van der Waals surface area contributed by atoms with Crippen LogP contribution in [0, 0.1) is 17.3 Å². The summed E-state index contributed by atoms with van der Waals surface area (Å²) in [6.45, 7) is 4.62. The van der Waals surface area contributed by atoms with Crippen LogP contribution >= 0.6 is 0 Å². The van der Waals surface area contributed by atoms with Crippen molar-refractivity contribution in [1.29, 1.82) is 0 Å². The van der Waals surface area contributed by atoms with Crippen LogP contribution < -0.4 is 0 Å². The van der Waals surface area contributed by atoms with Crippen molar-refractivity contribution in [2.45, 2.75) is 84.5 Å². The zero-order valence-electron chi connectivity index (χ0n) is 11.4. The van der Waals surface area contributed by atoms with Gasteiger partial charge in [-0.05, 0) is 36.5 Å². The molecular formula is C16H30. The molecule has 0 heteroatoms. The second kappa shape index (κ2) is 5.56. The predicted molar refractivity (Wildman–Crippen MR) is 71.5 cm³/mol. The van der Waals surface area contributed by atoms with Gasteiger partial charge < -0.3 is 0 Å². The summed E-state index contributed by atoms with van der Waals surface area (Å²) in [5.41, 5.74) is 0.930. The van der Waals surface area contributed by atoms with E-state index in [1.807, 2.05) is 0 Å². The molecule has 3 unspecified atom stereocenters. The zero-order valence-corrected chi connectivity index (χ0v) is 11.4. The highest BCUT2D eigenvalue weighted by molar-refractivity contribution is 5.24. The van der Waals surface area contributed by atoms with Crippen LogP contribution in [-0.2, 0) is 0 Å². The molecule has 0 aromatic heterocycles. The van der Waals surface area contributed by atoms with E-state index < -0.39 is 0 Å². The molecule has 16 heavy (non-hydrogen) atoms. The Balaban J connectivity index is 1.48. The van der Waals surface area contributed by atoms with Crippen molar-refractivity contribution in [3.63, 3.8) is 0 Å². The van der Waals surface area contributed by atoms with Gasteiger partial charge in [-0.25, -0.2) is 0 Å². The molecule has 0 heterocycles. The van der Waals surface area contributed by atoms with E-state index in [0.717, 1.165) is 5.41 Å². The maximum absolute atomic E-state index is 2.32. The van der Waals surface area contributed by atoms with Crippen molar-refractivity contribution in [2.75, 3.05) is 0 Å². The smallest absolute Gasteiger partial charge is 0.0232 e. The lowest BCUT2D eigenvalue weighted by Crippen LogP contribution is -1.99. The van der Waals surface area contributed by atoms with E-state index in [1.54, 1.807) is 19.3 Å². The van der Waals surface area contributed by atoms with Crippen LogP contribution in [0.25, 0.3) is 0 Å². The lowest BCUT2D eigenvalue weighted by molar-refractivity contribution is 0.403. The van der Waals surface area contributed by atoms with E-state index in [1.165, 1.54) is 63.2 Å². The highest BCUT2D eigenvalue weighted by Gasteiger charge is 2.76. The number of unbranched alkanes of at least 4 members (excludes halogenated alkanes) is 6. The fourth-order valence-corrected chi connectivity index (χ4v) is 3.79. The first-order valence-corrected chi connectivity index (χ1v) is 7.85. The minimum absolute atomic E-state index is 0.930. The van der Waals surface area contributed by atoms with Gasteiger partial charge in [0.05, 0.1) is 0 Å². The third-order valence-electron chi connectivity index (χ3n) is 5.16. The highest BCUT2D eigenvalue weighted by atomic mass is 14.8. The van der Waals surface area contributed by atoms with Crippen LogP contribution in [0.4, 0.5) is 0 Å². The predicted octanol–water partition coefficient (Wildman–Crippen LogP) is 5.56. The number of fused-ring (bicyclic) bond motifs is 1. The summed E-state index contributed by atoms with van der Waals surface area (Å²) in [6.07, 6.45) is 16.5. The second-order valence-corrected chi connectivity index (χ2v) is 6.31. The standard InChI is InChI=1S/C16H30/c1-3-5-7-8-9-11-14-15-13-16(14,15)12-10-6-4-2/h14-15H,3-13H2,1-2H3. The second-order valence-electron chi connectivity index (χ2n) is 6.31. The maximum atomic E-state index is 2.32. The fourth-order valence-electron chi connectivity index (χ4n) is 3.79.